The first-order valence-electron chi connectivity index (χ1n) is 5.27. The van der Waals surface area contributed by atoms with Gasteiger partial charge in [-0.2, -0.15) is 0 Å². The van der Waals surface area contributed by atoms with Crippen molar-refractivity contribution in [2.75, 3.05) is 0 Å². The molecule has 0 aliphatic heterocycles. The van der Waals surface area contributed by atoms with Crippen LogP contribution in [0.3, 0.4) is 0 Å². The van der Waals surface area contributed by atoms with Gasteiger partial charge in [0, 0.05) is 16.2 Å². The van der Waals surface area contributed by atoms with Crippen molar-refractivity contribution in [2.45, 2.75) is 27.2 Å². The van der Waals surface area contributed by atoms with E-state index in [1.165, 1.54) is 26.4 Å². The molecule has 0 spiro atoms. The van der Waals surface area contributed by atoms with Crippen molar-refractivity contribution in [3.63, 3.8) is 0 Å². The third kappa shape index (κ3) is 2.29. The summed E-state index contributed by atoms with van der Waals surface area (Å²) in [6.45, 7) is 6.56. The summed E-state index contributed by atoms with van der Waals surface area (Å²) in [6, 6.07) is 11.0. The molecule has 2 aromatic rings. The molecule has 2 rings (SSSR count). The maximum atomic E-state index is 2.24. The molecular formula is C14H16S. The molecular weight excluding hydrogens is 200 g/mol. The highest BCUT2D eigenvalue weighted by Gasteiger charge is 2.03. The molecule has 1 aromatic heterocycles. The Kier molecular flexibility index (Phi) is 2.92. The fraction of sp³-hybridized carbons (Fsp3) is 0.286. The largest absolute Gasteiger partial charge is 0.145 e. The molecule has 78 valence electrons. The number of thiophene rings is 1. The molecule has 0 fully saturated rings. The number of hydrogen-bond donors (Lipinski definition) is 0. The fourth-order valence-corrected chi connectivity index (χ4v) is 2.68. The lowest BCUT2D eigenvalue weighted by Gasteiger charge is -2.06. The predicted octanol–water partition coefficient (Wildman–Crippen LogP) is 4.26. The molecule has 0 radical (unpaired) electrons. The summed E-state index contributed by atoms with van der Waals surface area (Å²) in [4.78, 5) is 2.86. The Morgan fingerprint density at radius 3 is 2.47 bits per heavy atom. The Morgan fingerprint density at radius 1 is 1.00 bits per heavy atom. The van der Waals surface area contributed by atoms with E-state index in [1.54, 1.807) is 0 Å². The van der Waals surface area contributed by atoms with Crippen LogP contribution in [0.5, 0.6) is 0 Å². The van der Waals surface area contributed by atoms with Gasteiger partial charge in [-0.1, -0.05) is 18.2 Å². The third-order valence-electron chi connectivity index (χ3n) is 2.88. The van der Waals surface area contributed by atoms with E-state index in [0.29, 0.717) is 0 Å². The van der Waals surface area contributed by atoms with Crippen LogP contribution in [0.4, 0.5) is 0 Å². The molecule has 0 nitrogen and oxygen atoms in total. The summed E-state index contributed by atoms with van der Waals surface area (Å²) < 4.78 is 0. The summed E-state index contributed by atoms with van der Waals surface area (Å²) in [6.07, 6.45) is 1.08. The van der Waals surface area contributed by atoms with Crippen LogP contribution in [0.15, 0.2) is 30.3 Å². The molecule has 0 N–H and O–H groups in total. The number of benzene rings is 1. The Morgan fingerprint density at radius 2 is 1.80 bits per heavy atom. The molecule has 0 saturated heterocycles. The van der Waals surface area contributed by atoms with Crippen LogP contribution in [0.25, 0.3) is 0 Å². The van der Waals surface area contributed by atoms with Crippen LogP contribution < -0.4 is 0 Å². The average Bonchev–Trinajstić information content (AvgIpc) is 2.59. The van der Waals surface area contributed by atoms with E-state index in [2.05, 4.69) is 51.1 Å². The minimum Gasteiger partial charge on any atom is -0.145 e. The minimum absolute atomic E-state index is 1.08. The van der Waals surface area contributed by atoms with E-state index in [-0.39, 0.29) is 0 Å². The molecule has 0 atom stereocenters. The maximum Gasteiger partial charge on any atom is 0.00919 e. The van der Waals surface area contributed by atoms with Gasteiger partial charge in [0.2, 0.25) is 0 Å². The summed E-state index contributed by atoms with van der Waals surface area (Å²) in [7, 11) is 0. The Bertz CT molecular complexity index is 466. The normalized spacial score (nSPS) is 10.6. The van der Waals surface area contributed by atoms with Gasteiger partial charge in [0.1, 0.15) is 0 Å². The predicted molar refractivity (Wildman–Crippen MR) is 67.8 cm³/mol. The van der Waals surface area contributed by atoms with Gasteiger partial charge in [-0.05, 0) is 49.6 Å². The van der Waals surface area contributed by atoms with E-state index in [1.807, 2.05) is 11.3 Å². The maximum absolute atomic E-state index is 2.24. The van der Waals surface area contributed by atoms with Gasteiger partial charge < -0.3 is 0 Å². The minimum atomic E-state index is 1.08. The highest BCUT2D eigenvalue weighted by atomic mass is 32.1. The Labute approximate surface area is 95.6 Å². The van der Waals surface area contributed by atoms with Crippen molar-refractivity contribution >= 4 is 11.3 Å². The zero-order chi connectivity index (χ0) is 10.8. The Balaban J connectivity index is 2.28. The molecule has 15 heavy (non-hydrogen) atoms. The van der Waals surface area contributed by atoms with Crippen molar-refractivity contribution in [2.24, 2.45) is 0 Å². The highest BCUT2D eigenvalue weighted by Crippen LogP contribution is 2.21. The van der Waals surface area contributed by atoms with Crippen molar-refractivity contribution in [3.05, 3.63) is 56.8 Å². The van der Waals surface area contributed by atoms with Crippen molar-refractivity contribution in [1.29, 1.82) is 0 Å². The first-order valence-corrected chi connectivity index (χ1v) is 6.09. The third-order valence-corrected chi connectivity index (χ3v) is 3.88. The van der Waals surface area contributed by atoms with Gasteiger partial charge in [-0.15, -0.1) is 11.3 Å². The number of hydrogen-bond acceptors (Lipinski definition) is 1. The van der Waals surface area contributed by atoms with Crippen molar-refractivity contribution in [1.82, 2.24) is 0 Å². The number of aryl methyl sites for hydroxylation is 2. The van der Waals surface area contributed by atoms with Gasteiger partial charge in [-0.3, -0.25) is 0 Å². The Hall–Kier alpha value is -1.08. The number of rotatable bonds is 2. The summed E-state index contributed by atoms with van der Waals surface area (Å²) in [5, 5.41) is 0. The van der Waals surface area contributed by atoms with Gasteiger partial charge in [0.25, 0.3) is 0 Å². The molecule has 1 heterocycles. The van der Waals surface area contributed by atoms with E-state index < -0.39 is 0 Å². The summed E-state index contributed by atoms with van der Waals surface area (Å²) >= 11 is 1.90. The van der Waals surface area contributed by atoms with E-state index >= 15 is 0 Å². The second-order valence-corrected chi connectivity index (χ2v) is 5.42. The SMILES string of the molecule is Cc1ccc(Cc2cccc(C)c2C)s1. The highest BCUT2D eigenvalue weighted by molar-refractivity contribution is 7.11. The van der Waals surface area contributed by atoms with Crippen LogP contribution in [0.1, 0.15) is 26.4 Å². The quantitative estimate of drug-likeness (QED) is 0.703. The van der Waals surface area contributed by atoms with Gasteiger partial charge in [-0.25, -0.2) is 0 Å². The first kappa shape index (κ1) is 10.4. The molecule has 1 heteroatoms. The van der Waals surface area contributed by atoms with Crippen molar-refractivity contribution in [3.8, 4) is 0 Å². The van der Waals surface area contributed by atoms with Crippen LogP contribution in [-0.2, 0) is 6.42 Å². The van der Waals surface area contributed by atoms with E-state index in [9.17, 15) is 0 Å². The summed E-state index contributed by atoms with van der Waals surface area (Å²) in [5.41, 5.74) is 4.28. The lowest BCUT2D eigenvalue weighted by molar-refractivity contribution is 1.16. The zero-order valence-electron chi connectivity index (χ0n) is 9.50. The molecule has 0 unspecified atom stereocenters. The lowest BCUT2D eigenvalue weighted by atomic mass is 10.0. The van der Waals surface area contributed by atoms with Crippen LogP contribution in [-0.4, -0.2) is 0 Å². The van der Waals surface area contributed by atoms with Gasteiger partial charge in [0.15, 0.2) is 0 Å². The van der Waals surface area contributed by atoms with Gasteiger partial charge >= 0.3 is 0 Å². The lowest BCUT2D eigenvalue weighted by Crippen LogP contribution is -1.91. The van der Waals surface area contributed by atoms with E-state index in [4.69, 9.17) is 0 Å². The molecule has 0 aliphatic rings. The molecule has 0 bridgehead atoms. The molecule has 1 aromatic carbocycles. The van der Waals surface area contributed by atoms with Crippen LogP contribution >= 0.6 is 11.3 Å². The standard InChI is InChI=1S/C14H16S/c1-10-5-4-6-13(12(10)3)9-14-8-7-11(2)15-14/h4-8H,9H2,1-3H3. The monoisotopic (exact) mass is 216 g/mol. The zero-order valence-corrected chi connectivity index (χ0v) is 10.3. The van der Waals surface area contributed by atoms with Gasteiger partial charge in [0.05, 0.1) is 0 Å². The molecule has 0 saturated carbocycles. The molecule has 0 aliphatic carbocycles. The fourth-order valence-electron chi connectivity index (χ4n) is 1.77. The van der Waals surface area contributed by atoms with Crippen LogP contribution in [0.2, 0.25) is 0 Å². The molecule has 0 amide bonds. The smallest absolute Gasteiger partial charge is 0.00919 e. The van der Waals surface area contributed by atoms with E-state index in [0.717, 1.165) is 6.42 Å². The first-order chi connectivity index (χ1) is 7.16. The topological polar surface area (TPSA) is 0 Å². The second-order valence-electron chi connectivity index (χ2n) is 4.05. The van der Waals surface area contributed by atoms with Crippen molar-refractivity contribution < 1.29 is 0 Å². The summed E-state index contributed by atoms with van der Waals surface area (Å²) in [5.74, 6) is 0. The van der Waals surface area contributed by atoms with Crippen LogP contribution in [0, 0.1) is 20.8 Å². The second kappa shape index (κ2) is 4.19. The average molecular weight is 216 g/mol.